The number of hydrogen-bond acceptors (Lipinski definition) is 3. The number of nitrogens with zero attached hydrogens (tertiary/aromatic N) is 2. The second-order valence-electron chi connectivity index (χ2n) is 4.03. The SMILES string of the molecule is CCN(C)C1CCCc2nc(C)sc21. The lowest BCUT2D eigenvalue weighted by atomic mass is 9.97. The molecular weight excluding hydrogens is 192 g/mol. The molecule has 14 heavy (non-hydrogen) atoms. The number of hydrogen-bond donors (Lipinski definition) is 0. The summed E-state index contributed by atoms with van der Waals surface area (Å²) in [6.45, 7) is 5.47. The van der Waals surface area contributed by atoms with Crippen LogP contribution in [0, 0.1) is 6.92 Å². The van der Waals surface area contributed by atoms with Crippen molar-refractivity contribution in [3.8, 4) is 0 Å². The van der Waals surface area contributed by atoms with Gasteiger partial charge in [0, 0.05) is 10.9 Å². The number of thiazole rings is 1. The molecule has 1 heterocycles. The summed E-state index contributed by atoms with van der Waals surface area (Å²) in [6, 6.07) is 0.634. The smallest absolute Gasteiger partial charge is 0.0900 e. The molecule has 1 aliphatic rings. The minimum atomic E-state index is 0.634. The highest BCUT2D eigenvalue weighted by Crippen LogP contribution is 2.36. The highest BCUT2D eigenvalue weighted by Gasteiger charge is 2.25. The molecule has 0 saturated carbocycles. The molecule has 0 aromatic carbocycles. The van der Waals surface area contributed by atoms with Gasteiger partial charge in [-0.05, 0) is 39.8 Å². The lowest BCUT2D eigenvalue weighted by Gasteiger charge is -2.29. The first-order valence-electron chi connectivity index (χ1n) is 5.38. The lowest BCUT2D eigenvalue weighted by molar-refractivity contribution is 0.235. The first-order valence-corrected chi connectivity index (χ1v) is 6.20. The molecule has 1 unspecified atom stereocenters. The fraction of sp³-hybridized carbons (Fsp3) is 0.727. The number of fused-ring (bicyclic) bond motifs is 1. The molecule has 1 aromatic heterocycles. The molecule has 1 atom stereocenters. The molecule has 0 amide bonds. The van der Waals surface area contributed by atoms with E-state index in [9.17, 15) is 0 Å². The molecular formula is C11H18N2S. The van der Waals surface area contributed by atoms with Gasteiger partial charge in [-0.3, -0.25) is 4.90 Å². The van der Waals surface area contributed by atoms with E-state index in [0.717, 1.165) is 6.54 Å². The van der Waals surface area contributed by atoms with Gasteiger partial charge in [0.25, 0.3) is 0 Å². The third kappa shape index (κ3) is 1.71. The Kier molecular flexibility index (Phi) is 2.88. The Balaban J connectivity index is 2.30. The zero-order chi connectivity index (χ0) is 10.1. The molecule has 0 N–H and O–H groups in total. The Morgan fingerprint density at radius 3 is 3.07 bits per heavy atom. The minimum Gasteiger partial charge on any atom is -0.299 e. The highest BCUT2D eigenvalue weighted by molar-refractivity contribution is 7.11. The molecule has 3 heteroatoms. The summed E-state index contributed by atoms with van der Waals surface area (Å²) in [5, 5.41) is 1.23. The van der Waals surface area contributed by atoms with Crippen LogP contribution >= 0.6 is 11.3 Å². The van der Waals surface area contributed by atoms with E-state index < -0.39 is 0 Å². The summed E-state index contributed by atoms with van der Waals surface area (Å²) in [7, 11) is 2.22. The zero-order valence-electron chi connectivity index (χ0n) is 9.21. The Morgan fingerprint density at radius 1 is 1.57 bits per heavy atom. The maximum atomic E-state index is 4.61. The van der Waals surface area contributed by atoms with Gasteiger partial charge in [-0.25, -0.2) is 4.98 Å². The second-order valence-corrected chi connectivity index (χ2v) is 5.26. The van der Waals surface area contributed by atoms with Gasteiger partial charge in [0.15, 0.2) is 0 Å². The molecule has 0 spiro atoms. The van der Waals surface area contributed by atoms with Crippen molar-refractivity contribution in [1.29, 1.82) is 0 Å². The lowest BCUT2D eigenvalue weighted by Crippen LogP contribution is -2.26. The van der Waals surface area contributed by atoms with Gasteiger partial charge in [-0.1, -0.05) is 6.92 Å². The van der Waals surface area contributed by atoms with Crippen molar-refractivity contribution >= 4 is 11.3 Å². The molecule has 0 fully saturated rings. The predicted octanol–water partition coefficient (Wildman–Crippen LogP) is 2.78. The van der Waals surface area contributed by atoms with E-state index in [1.165, 1.54) is 34.8 Å². The van der Waals surface area contributed by atoms with E-state index in [4.69, 9.17) is 0 Å². The van der Waals surface area contributed by atoms with Gasteiger partial charge in [0.1, 0.15) is 0 Å². The molecule has 2 nitrogen and oxygen atoms in total. The monoisotopic (exact) mass is 210 g/mol. The Hall–Kier alpha value is -0.410. The fourth-order valence-corrected chi connectivity index (χ4v) is 3.33. The molecule has 2 rings (SSSR count). The van der Waals surface area contributed by atoms with Gasteiger partial charge in [-0.2, -0.15) is 0 Å². The van der Waals surface area contributed by atoms with Gasteiger partial charge < -0.3 is 0 Å². The van der Waals surface area contributed by atoms with Crippen molar-refractivity contribution in [3.05, 3.63) is 15.6 Å². The maximum absolute atomic E-state index is 4.61. The summed E-state index contributed by atoms with van der Waals surface area (Å²) >= 11 is 1.89. The van der Waals surface area contributed by atoms with Crippen LogP contribution in [-0.4, -0.2) is 23.5 Å². The normalized spacial score (nSPS) is 21.3. The standard InChI is InChI=1S/C11H18N2S/c1-4-13(3)10-7-5-6-9-11(10)14-8(2)12-9/h10H,4-7H2,1-3H3. The second kappa shape index (κ2) is 3.99. The predicted molar refractivity (Wildman–Crippen MR) is 60.8 cm³/mol. The number of aryl methyl sites for hydroxylation is 2. The maximum Gasteiger partial charge on any atom is 0.0900 e. The highest BCUT2D eigenvalue weighted by atomic mass is 32.1. The first-order chi connectivity index (χ1) is 6.72. The van der Waals surface area contributed by atoms with Crippen molar-refractivity contribution in [2.75, 3.05) is 13.6 Å². The van der Waals surface area contributed by atoms with E-state index >= 15 is 0 Å². The van der Waals surface area contributed by atoms with Crippen LogP contribution in [0.15, 0.2) is 0 Å². The van der Waals surface area contributed by atoms with Crippen molar-refractivity contribution in [3.63, 3.8) is 0 Å². The van der Waals surface area contributed by atoms with Crippen LogP contribution in [-0.2, 0) is 6.42 Å². The van der Waals surface area contributed by atoms with E-state index in [-0.39, 0.29) is 0 Å². The summed E-state index contributed by atoms with van der Waals surface area (Å²) in [5.74, 6) is 0. The molecule has 78 valence electrons. The Bertz CT molecular complexity index is 319. The number of aromatic nitrogens is 1. The van der Waals surface area contributed by atoms with Crippen LogP contribution < -0.4 is 0 Å². The fourth-order valence-electron chi connectivity index (χ4n) is 2.16. The van der Waals surface area contributed by atoms with E-state index in [2.05, 4.69) is 30.8 Å². The Morgan fingerprint density at radius 2 is 2.36 bits per heavy atom. The molecule has 1 aromatic rings. The average molecular weight is 210 g/mol. The quantitative estimate of drug-likeness (QED) is 0.746. The molecule has 0 bridgehead atoms. The summed E-state index contributed by atoms with van der Waals surface area (Å²) in [6.07, 6.45) is 3.79. The molecule has 0 aliphatic heterocycles. The molecule has 0 saturated heterocycles. The summed E-state index contributed by atoms with van der Waals surface area (Å²) in [5.41, 5.74) is 1.36. The zero-order valence-corrected chi connectivity index (χ0v) is 10.0. The van der Waals surface area contributed by atoms with Crippen LogP contribution in [0.3, 0.4) is 0 Å². The van der Waals surface area contributed by atoms with Crippen LogP contribution in [0.25, 0.3) is 0 Å². The van der Waals surface area contributed by atoms with Crippen molar-refractivity contribution in [1.82, 2.24) is 9.88 Å². The molecule has 1 aliphatic carbocycles. The van der Waals surface area contributed by atoms with Crippen LogP contribution in [0.5, 0.6) is 0 Å². The topological polar surface area (TPSA) is 16.1 Å². The minimum absolute atomic E-state index is 0.634. The van der Waals surface area contributed by atoms with Crippen molar-refractivity contribution in [2.45, 2.75) is 39.2 Å². The van der Waals surface area contributed by atoms with Crippen LogP contribution in [0.1, 0.15) is 41.4 Å². The van der Waals surface area contributed by atoms with E-state index in [0.29, 0.717) is 6.04 Å². The van der Waals surface area contributed by atoms with Gasteiger partial charge >= 0.3 is 0 Å². The average Bonchev–Trinajstić information content (AvgIpc) is 2.56. The molecule has 0 radical (unpaired) electrons. The van der Waals surface area contributed by atoms with Crippen LogP contribution in [0.2, 0.25) is 0 Å². The van der Waals surface area contributed by atoms with Gasteiger partial charge in [-0.15, -0.1) is 11.3 Å². The van der Waals surface area contributed by atoms with Gasteiger partial charge in [0.2, 0.25) is 0 Å². The summed E-state index contributed by atoms with van der Waals surface area (Å²) in [4.78, 5) is 8.58. The van der Waals surface area contributed by atoms with E-state index in [1.54, 1.807) is 0 Å². The largest absolute Gasteiger partial charge is 0.299 e. The van der Waals surface area contributed by atoms with Crippen LogP contribution in [0.4, 0.5) is 0 Å². The number of rotatable bonds is 2. The Labute approximate surface area is 90.0 Å². The van der Waals surface area contributed by atoms with Crippen molar-refractivity contribution in [2.24, 2.45) is 0 Å². The van der Waals surface area contributed by atoms with Gasteiger partial charge in [0.05, 0.1) is 10.7 Å². The third-order valence-corrected chi connectivity index (χ3v) is 4.17. The van der Waals surface area contributed by atoms with E-state index in [1.807, 2.05) is 11.3 Å². The third-order valence-electron chi connectivity index (χ3n) is 3.06. The summed E-state index contributed by atoms with van der Waals surface area (Å²) < 4.78 is 0. The van der Waals surface area contributed by atoms with Crippen molar-refractivity contribution < 1.29 is 0 Å². The first kappa shape index (κ1) is 10.1.